The van der Waals surface area contributed by atoms with Crippen LogP contribution in [0.2, 0.25) is 0 Å². The topological polar surface area (TPSA) is 70.2 Å². The minimum Gasteiger partial charge on any atom is -0.375 e. The Bertz CT molecular complexity index is 919. The molecule has 2 heterocycles. The highest BCUT2D eigenvalue weighted by Gasteiger charge is 2.46. The first-order valence-corrected chi connectivity index (χ1v) is 10.1. The Hall–Kier alpha value is -3.19. The van der Waals surface area contributed by atoms with Gasteiger partial charge in [-0.2, -0.15) is 0 Å². The van der Waals surface area contributed by atoms with Crippen molar-refractivity contribution in [3.05, 3.63) is 71.8 Å². The average molecular weight is 407 g/mol. The van der Waals surface area contributed by atoms with Crippen molar-refractivity contribution in [2.24, 2.45) is 0 Å². The van der Waals surface area contributed by atoms with Gasteiger partial charge in [0.15, 0.2) is 0 Å². The second kappa shape index (κ2) is 8.67. The van der Waals surface area contributed by atoms with Crippen LogP contribution in [0.5, 0.6) is 0 Å². The number of amides is 4. The monoisotopic (exact) mass is 407 g/mol. The molecule has 2 fully saturated rings. The van der Waals surface area contributed by atoms with Crippen LogP contribution in [-0.2, 0) is 20.9 Å². The fourth-order valence-corrected chi connectivity index (χ4v) is 3.96. The van der Waals surface area contributed by atoms with E-state index in [1.54, 1.807) is 9.80 Å². The quantitative estimate of drug-likeness (QED) is 0.714. The summed E-state index contributed by atoms with van der Waals surface area (Å²) in [5, 5.41) is 0. The highest BCUT2D eigenvalue weighted by atomic mass is 16.5. The Morgan fingerprint density at radius 3 is 2.37 bits per heavy atom. The van der Waals surface area contributed by atoms with Crippen LogP contribution in [-0.4, -0.2) is 64.9 Å². The van der Waals surface area contributed by atoms with Gasteiger partial charge in [-0.1, -0.05) is 60.7 Å². The van der Waals surface area contributed by atoms with Gasteiger partial charge in [-0.25, -0.2) is 4.79 Å². The molecule has 0 N–H and O–H groups in total. The number of benzene rings is 2. The van der Waals surface area contributed by atoms with Crippen LogP contribution in [0.15, 0.2) is 60.7 Å². The number of carbonyl (C=O) groups excluding carboxylic acids is 3. The van der Waals surface area contributed by atoms with Crippen molar-refractivity contribution in [3.63, 3.8) is 0 Å². The summed E-state index contributed by atoms with van der Waals surface area (Å²) in [7, 11) is 0. The first-order chi connectivity index (χ1) is 14.5. The highest BCUT2D eigenvalue weighted by molar-refractivity contribution is 6.06. The number of ether oxygens (including phenoxy) is 1. The van der Waals surface area contributed by atoms with Crippen molar-refractivity contribution in [1.82, 2.24) is 14.7 Å². The van der Waals surface area contributed by atoms with Crippen LogP contribution in [0.4, 0.5) is 4.79 Å². The van der Waals surface area contributed by atoms with Crippen molar-refractivity contribution >= 4 is 17.8 Å². The molecule has 4 amide bonds. The second-order valence-electron chi connectivity index (χ2n) is 7.65. The molecule has 2 saturated heterocycles. The summed E-state index contributed by atoms with van der Waals surface area (Å²) in [6, 6.07) is 17.6. The van der Waals surface area contributed by atoms with Gasteiger partial charge in [0.1, 0.15) is 12.6 Å². The summed E-state index contributed by atoms with van der Waals surface area (Å²) >= 11 is 0. The Balaban J connectivity index is 1.58. The van der Waals surface area contributed by atoms with Gasteiger partial charge in [-0.15, -0.1) is 0 Å². The highest BCUT2D eigenvalue weighted by Crippen LogP contribution is 2.32. The molecular weight excluding hydrogens is 382 g/mol. The molecule has 0 spiro atoms. The number of imide groups is 1. The maximum Gasteiger partial charge on any atom is 0.328 e. The smallest absolute Gasteiger partial charge is 0.328 e. The fraction of sp³-hybridized carbons (Fsp3) is 0.348. The third kappa shape index (κ3) is 4.07. The van der Waals surface area contributed by atoms with E-state index in [1.165, 1.54) is 0 Å². The maximum atomic E-state index is 13.3. The van der Waals surface area contributed by atoms with E-state index < -0.39 is 12.1 Å². The standard InChI is InChI=1S/C23H25N3O4/c1-17-14-24(12-13-30-17)20(27)16-26-22(28)21(19-10-6-3-7-11-19)25(23(26)29)15-18-8-4-2-5-9-18/h2-11,17,21H,12-16H2,1H3/t17-,21-/m1/s1. The minimum atomic E-state index is -0.740. The lowest BCUT2D eigenvalue weighted by Crippen LogP contribution is -2.49. The molecule has 30 heavy (non-hydrogen) atoms. The lowest BCUT2D eigenvalue weighted by atomic mass is 10.1. The predicted octanol–water partition coefficient (Wildman–Crippen LogP) is 2.44. The fourth-order valence-electron chi connectivity index (χ4n) is 3.96. The third-order valence-electron chi connectivity index (χ3n) is 5.49. The van der Waals surface area contributed by atoms with E-state index in [1.807, 2.05) is 67.6 Å². The Morgan fingerprint density at radius 1 is 1.03 bits per heavy atom. The number of hydrogen-bond acceptors (Lipinski definition) is 4. The number of carbonyl (C=O) groups is 3. The Labute approximate surface area is 175 Å². The lowest BCUT2D eigenvalue weighted by Gasteiger charge is -2.32. The molecule has 0 aromatic heterocycles. The summed E-state index contributed by atoms with van der Waals surface area (Å²) < 4.78 is 5.48. The summed E-state index contributed by atoms with van der Waals surface area (Å²) in [5.41, 5.74) is 1.66. The van der Waals surface area contributed by atoms with Crippen molar-refractivity contribution in [3.8, 4) is 0 Å². The molecule has 2 aromatic carbocycles. The van der Waals surface area contributed by atoms with Gasteiger partial charge in [0, 0.05) is 19.6 Å². The van der Waals surface area contributed by atoms with Crippen LogP contribution in [0, 0.1) is 0 Å². The van der Waals surface area contributed by atoms with Crippen LogP contribution in [0.1, 0.15) is 24.1 Å². The van der Waals surface area contributed by atoms with Gasteiger partial charge in [-0.05, 0) is 18.1 Å². The van der Waals surface area contributed by atoms with Crippen molar-refractivity contribution in [2.75, 3.05) is 26.2 Å². The van der Waals surface area contributed by atoms with E-state index in [-0.39, 0.29) is 24.5 Å². The van der Waals surface area contributed by atoms with Crippen molar-refractivity contribution in [2.45, 2.75) is 25.6 Å². The van der Waals surface area contributed by atoms with Gasteiger partial charge >= 0.3 is 6.03 Å². The predicted molar refractivity (Wildman–Crippen MR) is 110 cm³/mol. The van der Waals surface area contributed by atoms with E-state index in [2.05, 4.69) is 0 Å². The maximum absolute atomic E-state index is 13.3. The number of hydrogen-bond donors (Lipinski definition) is 0. The molecule has 2 aliphatic heterocycles. The Morgan fingerprint density at radius 2 is 1.70 bits per heavy atom. The molecule has 0 saturated carbocycles. The van der Waals surface area contributed by atoms with Crippen LogP contribution in [0.3, 0.4) is 0 Å². The minimum absolute atomic E-state index is 0.0562. The van der Waals surface area contributed by atoms with Crippen LogP contribution < -0.4 is 0 Å². The first-order valence-electron chi connectivity index (χ1n) is 10.1. The van der Waals surface area contributed by atoms with E-state index in [0.29, 0.717) is 26.2 Å². The van der Waals surface area contributed by atoms with E-state index in [9.17, 15) is 14.4 Å². The summed E-state index contributed by atoms with van der Waals surface area (Å²) in [6.45, 7) is 3.34. The molecule has 7 heteroatoms. The van der Waals surface area contributed by atoms with Gasteiger partial charge in [-0.3, -0.25) is 14.5 Å². The third-order valence-corrected chi connectivity index (χ3v) is 5.49. The number of rotatable bonds is 5. The molecule has 0 radical (unpaired) electrons. The SMILES string of the molecule is C[C@@H]1CN(C(=O)CN2C(=O)[C@@H](c3ccccc3)N(Cc3ccccc3)C2=O)CCO1. The van der Waals surface area contributed by atoms with Gasteiger partial charge in [0.25, 0.3) is 5.91 Å². The molecule has 0 unspecified atom stereocenters. The second-order valence-corrected chi connectivity index (χ2v) is 7.65. The Kier molecular flexibility index (Phi) is 5.81. The van der Waals surface area contributed by atoms with E-state index >= 15 is 0 Å². The van der Waals surface area contributed by atoms with E-state index in [0.717, 1.165) is 16.0 Å². The molecule has 0 aliphatic carbocycles. The first kappa shape index (κ1) is 20.1. The van der Waals surface area contributed by atoms with Gasteiger partial charge in [0.05, 0.1) is 12.7 Å². The zero-order chi connectivity index (χ0) is 21.1. The largest absolute Gasteiger partial charge is 0.375 e. The number of morpholine rings is 1. The van der Waals surface area contributed by atoms with Crippen molar-refractivity contribution < 1.29 is 19.1 Å². The molecule has 2 aromatic rings. The van der Waals surface area contributed by atoms with Gasteiger partial charge < -0.3 is 14.5 Å². The van der Waals surface area contributed by atoms with Crippen LogP contribution in [0.25, 0.3) is 0 Å². The molecule has 4 rings (SSSR count). The summed E-state index contributed by atoms with van der Waals surface area (Å²) in [5.74, 6) is -0.600. The molecule has 2 aliphatic rings. The number of nitrogens with zero attached hydrogens (tertiary/aromatic N) is 3. The zero-order valence-corrected chi connectivity index (χ0v) is 16.9. The molecule has 156 valence electrons. The lowest BCUT2D eigenvalue weighted by molar-refractivity contribution is -0.142. The summed E-state index contributed by atoms with van der Waals surface area (Å²) in [4.78, 5) is 43.6. The molecule has 0 bridgehead atoms. The molecule has 7 nitrogen and oxygen atoms in total. The average Bonchev–Trinajstić information content (AvgIpc) is 2.99. The molecule has 2 atom stereocenters. The number of urea groups is 1. The normalized spacial score (nSPS) is 22.0. The van der Waals surface area contributed by atoms with E-state index in [4.69, 9.17) is 4.74 Å². The van der Waals surface area contributed by atoms with Crippen molar-refractivity contribution in [1.29, 1.82) is 0 Å². The summed E-state index contributed by atoms with van der Waals surface area (Å²) in [6.07, 6.45) is -0.0562. The molecular formula is C23H25N3O4. The zero-order valence-electron chi connectivity index (χ0n) is 16.9. The van der Waals surface area contributed by atoms with Gasteiger partial charge in [0.2, 0.25) is 5.91 Å². The van der Waals surface area contributed by atoms with Crippen LogP contribution >= 0.6 is 0 Å².